The number of rotatable bonds is 13. The highest BCUT2D eigenvalue weighted by Gasteiger charge is 2.32. The Morgan fingerprint density at radius 3 is 2.30 bits per heavy atom. The van der Waals surface area contributed by atoms with Crippen LogP contribution >= 0.6 is 0 Å². The molecule has 1 heterocycles. The Morgan fingerprint density at radius 2 is 1.55 bits per heavy atom. The molecule has 0 fully saturated rings. The predicted octanol–water partition coefficient (Wildman–Crippen LogP) is 10.5. The molecule has 0 saturated heterocycles. The molecule has 3 nitrogen and oxygen atoms in total. The molecule has 1 N–H and O–H groups in total. The van der Waals surface area contributed by atoms with Crippen LogP contribution in [0.5, 0.6) is 0 Å². The molecule has 0 saturated carbocycles. The summed E-state index contributed by atoms with van der Waals surface area (Å²) in [6.07, 6.45) is 9.11. The van der Waals surface area contributed by atoms with Gasteiger partial charge in [-0.1, -0.05) is 123 Å². The average molecular weight is 578 g/mol. The lowest BCUT2D eigenvalue weighted by Gasteiger charge is -2.34. The lowest BCUT2D eigenvalue weighted by molar-refractivity contribution is 0.537. The van der Waals surface area contributed by atoms with Gasteiger partial charge < -0.3 is 10.2 Å². The Morgan fingerprint density at radius 1 is 0.864 bits per heavy atom. The summed E-state index contributed by atoms with van der Waals surface area (Å²) in [5, 5.41) is 3.64. The van der Waals surface area contributed by atoms with E-state index in [0.29, 0.717) is 6.54 Å². The number of allylic oxidation sites excluding steroid dienone is 4. The normalized spacial score (nSPS) is 15.7. The molecule has 5 rings (SSSR count). The van der Waals surface area contributed by atoms with Crippen molar-refractivity contribution in [1.29, 1.82) is 0 Å². The molecular weight excluding hydrogens is 534 g/mol. The number of nitrogens with one attached hydrogen (secondary N) is 1. The molecule has 0 spiro atoms. The maximum atomic E-state index is 5.24. The molecule has 0 radical (unpaired) electrons. The standard InChI is InChI=1S/C41H43N3/c1-6-8-16-30(3)23-28-37-35-19-12-13-20-36(35)38(7-2)43-41(37)31(4)29-44(5)40-22-15-14-21-39(40)42-34-26-24-33(25-27-34)32-17-10-9-11-18-32/h7-22,24-27,37,41-42H,2-4,6,23,28-29H2,1,5H3/b16-8-. The van der Waals surface area contributed by atoms with Crippen LogP contribution in [-0.2, 0) is 0 Å². The molecule has 0 aliphatic carbocycles. The van der Waals surface area contributed by atoms with Gasteiger partial charge in [0.1, 0.15) is 0 Å². The molecule has 0 aromatic heterocycles. The second kappa shape index (κ2) is 14.5. The average Bonchev–Trinajstić information content (AvgIpc) is 3.06. The maximum absolute atomic E-state index is 5.24. The number of anilines is 3. The van der Waals surface area contributed by atoms with E-state index in [1.54, 1.807) is 0 Å². The van der Waals surface area contributed by atoms with Crippen molar-refractivity contribution in [2.75, 3.05) is 23.8 Å². The first-order valence-electron chi connectivity index (χ1n) is 15.5. The smallest absolute Gasteiger partial charge is 0.0799 e. The Labute approximate surface area is 263 Å². The number of benzene rings is 4. The second-order valence-corrected chi connectivity index (χ2v) is 11.5. The van der Waals surface area contributed by atoms with E-state index in [0.717, 1.165) is 53.2 Å². The first-order valence-corrected chi connectivity index (χ1v) is 15.5. The van der Waals surface area contributed by atoms with Crippen LogP contribution in [0.25, 0.3) is 11.1 Å². The number of nitrogens with zero attached hydrogens (tertiary/aromatic N) is 2. The fourth-order valence-electron chi connectivity index (χ4n) is 6.02. The number of aliphatic imine (C=N–C) groups is 1. The van der Waals surface area contributed by atoms with Crippen LogP contribution in [0, 0.1) is 0 Å². The zero-order valence-electron chi connectivity index (χ0n) is 26.0. The number of fused-ring (bicyclic) bond motifs is 1. The summed E-state index contributed by atoms with van der Waals surface area (Å²) in [4.78, 5) is 7.51. The monoisotopic (exact) mass is 577 g/mol. The van der Waals surface area contributed by atoms with Gasteiger partial charge in [-0.2, -0.15) is 0 Å². The molecule has 3 heteroatoms. The molecule has 222 valence electrons. The molecule has 1 aliphatic heterocycles. The SMILES string of the molecule is C=CC1=NC(C(=C)CN(C)c2ccccc2Nc2ccc(-c3ccccc3)cc2)C(CCC(=C)/C=C\CC)c2ccccc21. The van der Waals surface area contributed by atoms with Crippen LogP contribution in [0.1, 0.15) is 43.2 Å². The van der Waals surface area contributed by atoms with Crippen molar-refractivity contribution in [1.82, 2.24) is 0 Å². The van der Waals surface area contributed by atoms with Crippen LogP contribution in [0.4, 0.5) is 17.1 Å². The van der Waals surface area contributed by atoms with Gasteiger partial charge in [-0.15, -0.1) is 0 Å². The lowest BCUT2D eigenvalue weighted by atomic mass is 9.78. The second-order valence-electron chi connectivity index (χ2n) is 11.5. The molecule has 4 aromatic rings. The summed E-state index contributed by atoms with van der Waals surface area (Å²) in [6, 6.07) is 36.1. The third kappa shape index (κ3) is 7.18. The van der Waals surface area contributed by atoms with Crippen LogP contribution < -0.4 is 10.2 Å². The van der Waals surface area contributed by atoms with Crippen molar-refractivity contribution < 1.29 is 0 Å². The van der Waals surface area contributed by atoms with Crippen LogP contribution in [0.3, 0.4) is 0 Å². The zero-order chi connectivity index (χ0) is 30.9. The van der Waals surface area contributed by atoms with Crippen molar-refractivity contribution in [2.45, 2.75) is 38.1 Å². The highest BCUT2D eigenvalue weighted by Crippen LogP contribution is 2.39. The third-order valence-electron chi connectivity index (χ3n) is 8.30. The maximum Gasteiger partial charge on any atom is 0.0799 e. The minimum atomic E-state index is -0.0473. The minimum absolute atomic E-state index is 0.0473. The van der Waals surface area contributed by atoms with E-state index in [1.165, 1.54) is 22.3 Å². The molecule has 0 bridgehead atoms. The van der Waals surface area contributed by atoms with Gasteiger partial charge in [-0.3, -0.25) is 4.99 Å². The largest absolute Gasteiger partial charge is 0.369 e. The van der Waals surface area contributed by atoms with Crippen molar-refractivity contribution in [3.63, 3.8) is 0 Å². The van der Waals surface area contributed by atoms with Gasteiger partial charge in [-0.05, 0) is 71.9 Å². The van der Waals surface area contributed by atoms with Gasteiger partial charge in [0.25, 0.3) is 0 Å². The summed E-state index contributed by atoms with van der Waals surface area (Å²) in [5.74, 6) is 0.221. The van der Waals surface area contributed by atoms with Gasteiger partial charge in [-0.25, -0.2) is 0 Å². The van der Waals surface area contributed by atoms with Gasteiger partial charge in [0.05, 0.1) is 23.1 Å². The predicted molar refractivity (Wildman–Crippen MR) is 192 cm³/mol. The van der Waals surface area contributed by atoms with Crippen molar-refractivity contribution in [3.8, 4) is 11.1 Å². The van der Waals surface area contributed by atoms with Crippen molar-refractivity contribution >= 4 is 22.8 Å². The van der Waals surface area contributed by atoms with Crippen LogP contribution in [0.2, 0.25) is 0 Å². The topological polar surface area (TPSA) is 27.6 Å². The van der Waals surface area contributed by atoms with E-state index in [2.05, 4.69) is 153 Å². The van der Waals surface area contributed by atoms with Crippen LogP contribution in [-0.4, -0.2) is 25.3 Å². The summed E-state index contributed by atoms with van der Waals surface area (Å²) in [7, 11) is 2.13. The molecular formula is C41H43N3. The van der Waals surface area contributed by atoms with E-state index in [1.807, 2.05) is 12.1 Å². The number of hydrogen-bond acceptors (Lipinski definition) is 3. The van der Waals surface area contributed by atoms with Crippen molar-refractivity contribution in [3.05, 3.63) is 163 Å². The molecule has 0 amide bonds. The quantitative estimate of drug-likeness (QED) is 0.126. The highest BCUT2D eigenvalue weighted by atomic mass is 15.1. The molecule has 2 unspecified atom stereocenters. The van der Waals surface area contributed by atoms with Gasteiger partial charge in [0, 0.05) is 30.8 Å². The number of hydrogen-bond donors (Lipinski definition) is 1. The van der Waals surface area contributed by atoms with Crippen molar-refractivity contribution in [2.24, 2.45) is 4.99 Å². The zero-order valence-corrected chi connectivity index (χ0v) is 26.0. The summed E-state index contributed by atoms with van der Waals surface area (Å²) >= 11 is 0. The van der Waals surface area contributed by atoms with E-state index in [-0.39, 0.29) is 12.0 Å². The molecule has 44 heavy (non-hydrogen) atoms. The van der Waals surface area contributed by atoms with E-state index in [9.17, 15) is 0 Å². The highest BCUT2D eigenvalue weighted by molar-refractivity contribution is 6.10. The van der Waals surface area contributed by atoms with E-state index >= 15 is 0 Å². The number of likely N-dealkylation sites (N-methyl/N-ethyl adjacent to an activating group) is 1. The first-order chi connectivity index (χ1) is 21.5. The van der Waals surface area contributed by atoms with Gasteiger partial charge >= 0.3 is 0 Å². The summed E-state index contributed by atoms with van der Waals surface area (Å²) in [6.45, 7) is 15.9. The fourth-order valence-corrected chi connectivity index (χ4v) is 6.02. The molecule has 4 aromatic carbocycles. The first kappa shape index (κ1) is 30.6. The van der Waals surface area contributed by atoms with Gasteiger partial charge in [0.2, 0.25) is 0 Å². The Balaban J connectivity index is 1.35. The minimum Gasteiger partial charge on any atom is -0.369 e. The van der Waals surface area contributed by atoms with E-state index < -0.39 is 0 Å². The molecule has 2 atom stereocenters. The Hall–Kier alpha value is -4.89. The third-order valence-corrected chi connectivity index (χ3v) is 8.30. The number of para-hydroxylation sites is 2. The van der Waals surface area contributed by atoms with E-state index in [4.69, 9.17) is 4.99 Å². The fraction of sp³-hybridized carbons (Fsp3) is 0.195. The Bertz CT molecular complexity index is 1660. The summed E-state index contributed by atoms with van der Waals surface area (Å²) < 4.78 is 0. The Kier molecular flexibility index (Phi) is 10.1. The van der Waals surface area contributed by atoms with Crippen LogP contribution in [0.15, 0.2) is 157 Å². The molecule has 1 aliphatic rings. The van der Waals surface area contributed by atoms with Gasteiger partial charge in [0.15, 0.2) is 0 Å². The lowest BCUT2D eigenvalue weighted by Crippen LogP contribution is -2.32. The summed E-state index contributed by atoms with van der Waals surface area (Å²) in [5.41, 5.74) is 11.3.